The number of hydrogen-bond donors (Lipinski definition) is 2. The predicted octanol–water partition coefficient (Wildman–Crippen LogP) is 4.95. The summed E-state index contributed by atoms with van der Waals surface area (Å²) >= 11 is 5.97. The van der Waals surface area contributed by atoms with Gasteiger partial charge in [-0.2, -0.15) is 10.4 Å². The van der Waals surface area contributed by atoms with Crippen LogP contribution < -0.4 is 5.32 Å². The first-order chi connectivity index (χ1) is 15.0. The fourth-order valence-corrected chi connectivity index (χ4v) is 5.02. The lowest BCUT2D eigenvalue weighted by Crippen LogP contribution is -2.16. The van der Waals surface area contributed by atoms with Crippen LogP contribution in [0.4, 0.5) is 5.69 Å². The number of carbonyl (C=O) groups is 1. The molecule has 154 valence electrons. The van der Waals surface area contributed by atoms with Crippen LogP contribution in [0.3, 0.4) is 0 Å². The van der Waals surface area contributed by atoms with Gasteiger partial charge < -0.3 is 10.4 Å². The van der Waals surface area contributed by atoms with Crippen molar-refractivity contribution in [3.63, 3.8) is 0 Å². The lowest BCUT2D eigenvalue weighted by atomic mass is 9.81. The zero-order chi connectivity index (χ0) is 21.7. The van der Waals surface area contributed by atoms with Crippen molar-refractivity contribution < 1.29 is 9.90 Å². The number of nitrogens with one attached hydrogen (secondary N) is 1. The van der Waals surface area contributed by atoms with E-state index in [2.05, 4.69) is 22.5 Å². The average Bonchev–Trinajstić information content (AvgIpc) is 3.27. The van der Waals surface area contributed by atoms with Crippen molar-refractivity contribution in [2.45, 2.75) is 25.2 Å². The van der Waals surface area contributed by atoms with Crippen LogP contribution in [0.25, 0.3) is 17.0 Å². The molecule has 6 nitrogen and oxygen atoms in total. The number of anilines is 1. The number of nitrogens with zero attached hydrogens (tertiary/aromatic N) is 3. The number of fused-ring (bicyclic) bond motifs is 3. The summed E-state index contributed by atoms with van der Waals surface area (Å²) in [7, 11) is 1.82. The molecule has 1 aromatic heterocycles. The summed E-state index contributed by atoms with van der Waals surface area (Å²) in [5, 5.41) is 28.3. The molecule has 2 aliphatic rings. The summed E-state index contributed by atoms with van der Waals surface area (Å²) in [5.41, 5.74) is 5.91. The molecule has 5 rings (SSSR count). The Labute approximate surface area is 184 Å². The lowest BCUT2D eigenvalue weighted by Gasteiger charge is -2.22. The minimum Gasteiger partial charge on any atom is -0.504 e. The van der Waals surface area contributed by atoms with Gasteiger partial charge in [-0.25, -0.2) is 0 Å². The van der Waals surface area contributed by atoms with Crippen molar-refractivity contribution in [1.29, 1.82) is 5.26 Å². The molecule has 0 radical (unpaired) electrons. The molecule has 0 fully saturated rings. The topological polar surface area (TPSA) is 90.9 Å². The van der Waals surface area contributed by atoms with Gasteiger partial charge in [-0.1, -0.05) is 35.9 Å². The third-order valence-electron chi connectivity index (χ3n) is 6.05. The third-order valence-corrected chi connectivity index (χ3v) is 6.29. The van der Waals surface area contributed by atoms with Crippen LogP contribution in [0.1, 0.15) is 41.1 Å². The van der Waals surface area contributed by atoms with E-state index in [1.54, 1.807) is 28.9 Å². The largest absolute Gasteiger partial charge is 0.504 e. The fourth-order valence-electron chi connectivity index (χ4n) is 4.83. The van der Waals surface area contributed by atoms with Gasteiger partial charge in [0.05, 0.1) is 5.69 Å². The summed E-state index contributed by atoms with van der Waals surface area (Å²) in [6, 6.07) is 14.7. The number of aryl methyl sites for hydroxylation is 2. The van der Waals surface area contributed by atoms with E-state index >= 15 is 0 Å². The highest BCUT2D eigenvalue weighted by Crippen LogP contribution is 2.52. The highest BCUT2D eigenvalue weighted by atomic mass is 35.5. The SMILES string of the molecule is Cn1nc(/C(O)=C(\C#N)C(=O)Nc2cccc(Cl)c2)c2c1-c1cccc3c1C2CCC3. The Hall–Kier alpha value is -3.56. The normalized spacial score (nSPS) is 16.7. The van der Waals surface area contributed by atoms with Crippen LogP contribution in [-0.4, -0.2) is 20.8 Å². The quantitative estimate of drug-likeness (QED) is 0.349. The van der Waals surface area contributed by atoms with E-state index in [-0.39, 0.29) is 11.5 Å². The first kappa shape index (κ1) is 19.4. The number of halogens is 1. The zero-order valence-corrected chi connectivity index (χ0v) is 17.6. The van der Waals surface area contributed by atoms with Crippen LogP contribution in [0.5, 0.6) is 0 Å². The number of amides is 1. The molecule has 2 aromatic carbocycles. The van der Waals surface area contributed by atoms with Gasteiger partial charge in [-0.05, 0) is 48.6 Å². The number of benzene rings is 2. The molecule has 2 aliphatic carbocycles. The highest BCUT2D eigenvalue weighted by molar-refractivity contribution is 6.31. The van der Waals surface area contributed by atoms with E-state index in [9.17, 15) is 15.2 Å². The molecule has 3 aromatic rings. The summed E-state index contributed by atoms with van der Waals surface area (Å²) in [6.45, 7) is 0. The highest BCUT2D eigenvalue weighted by Gasteiger charge is 2.39. The van der Waals surface area contributed by atoms with Crippen molar-refractivity contribution in [1.82, 2.24) is 9.78 Å². The second-order valence-corrected chi connectivity index (χ2v) is 8.29. The van der Waals surface area contributed by atoms with Crippen LogP contribution in [0.2, 0.25) is 5.02 Å². The van der Waals surface area contributed by atoms with Crippen molar-refractivity contribution in [2.24, 2.45) is 7.05 Å². The maximum atomic E-state index is 12.8. The zero-order valence-electron chi connectivity index (χ0n) is 16.8. The number of hydrogen-bond acceptors (Lipinski definition) is 4. The molecule has 0 saturated carbocycles. The maximum absolute atomic E-state index is 12.8. The molecule has 0 bridgehead atoms. The van der Waals surface area contributed by atoms with E-state index in [1.807, 2.05) is 19.2 Å². The Morgan fingerprint density at radius 2 is 2.10 bits per heavy atom. The molecule has 0 saturated heterocycles. The van der Waals surface area contributed by atoms with Gasteiger partial charge in [-0.3, -0.25) is 9.48 Å². The van der Waals surface area contributed by atoms with E-state index < -0.39 is 11.7 Å². The Bertz CT molecular complexity index is 1320. The molecule has 0 spiro atoms. The first-order valence-electron chi connectivity index (χ1n) is 10.1. The first-order valence-corrected chi connectivity index (χ1v) is 10.5. The molecule has 1 heterocycles. The molecule has 1 atom stereocenters. The smallest absolute Gasteiger partial charge is 0.270 e. The number of carbonyl (C=O) groups excluding carboxylic acids is 1. The summed E-state index contributed by atoms with van der Waals surface area (Å²) in [6.07, 6.45) is 3.02. The molecule has 0 aliphatic heterocycles. The van der Waals surface area contributed by atoms with Crippen molar-refractivity contribution >= 4 is 29.0 Å². The van der Waals surface area contributed by atoms with Crippen LogP contribution in [0.15, 0.2) is 48.0 Å². The van der Waals surface area contributed by atoms with Crippen molar-refractivity contribution in [2.75, 3.05) is 5.32 Å². The Kier molecular flexibility index (Phi) is 4.57. The Balaban J connectivity index is 1.60. The summed E-state index contributed by atoms with van der Waals surface area (Å²) in [4.78, 5) is 12.8. The van der Waals surface area contributed by atoms with E-state index in [1.165, 1.54) is 11.1 Å². The van der Waals surface area contributed by atoms with Gasteiger partial charge in [0, 0.05) is 34.8 Å². The molecule has 31 heavy (non-hydrogen) atoms. The second-order valence-electron chi connectivity index (χ2n) is 7.86. The number of rotatable bonds is 3. The molecular formula is C24H19ClN4O2. The van der Waals surface area contributed by atoms with Crippen molar-refractivity contribution in [3.05, 3.63) is 75.4 Å². The van der Waals surface area contributed by atoms with Crippen LogP contribution >= 0.6 is 11.6 Å². The second kappa shape index (κ2) is 7.29. The Morgan fingerprint density at radius 3 is 2.87 bits per heavy atom. The minimum absolute atomic E-state index is 0.108. The van der Waals surface area contributed by atoms with E-state index in [0.29, 0.717) is 16.4 Å². The molecule has 7 heteroatoms. The predicted molar refractivity (Wildman–Crippen MR) is 119 cm³/mol. The molecule has 1 unspecified atom stereocenters. The van der Waals surface area contributed by atoms with Gasteiger partial charge in [-0.15, -0.1) is 0 Å². The third kappa shape index (κ3) is 3.01. The standard InChI is InChI=1S/C24H19ClN4O2/c1-29-22-17-10-3-6-13-5-2-9-16(19(13)17)20(22)21(28-29)23(30)18(12-26)24(31)27-15-8-4-7-14(25)11-15/h3-4,6-8,10-11,16,30H,2,5,9H2,1H3,(H,27,31)/b23-18-. The summed E-state index contributed by atoms with van der Waals surface area (Å²) < 4.78 is 1.73. The van der Waals surface area contributed by atoms with Gasteiger partial charge >= 0.3 is 0 Å². The van der Waals surface area contributed by atoms with E-state index in [4.69, 9.17) is 11.6 Å². The maximum Gasteiger partial charge on any atom is 0.270 e. The van der Waals surface area contributed by atoms with Gasteiger partial charge in [0.15, 0.2) is 11.3 Å². The molecular weight excluding hydrogens is 412 g/mol. The number of nitriles is 1. The number of aliphatic hydroxyl groups is 1. The monoisotopic (exact) mass is 430 g/mol. The number of aliphatic hydroxyl groups excluding tert-OH is 1. The molecule has 2 N–H and O–H groups in total. The minimum atomic E-state index is -0.707. The van der Waals surface area contributed by atoms with Gasteiger partial charge in [0.25, 0.3) is 5.91 Å². The molecule has 1 amide bonds. The Morgan fingerprint density at radius 1 is 1.29 bits per heavy atom. The van der Waals surface area contributed by atoms with Crippen LogP contribution in [0, 0.1) is 11.3 Å². The number of aromatic nitrogens is 2. The van der Waals surface area contributed by atoms with Crippen molar-refractivity contribution in [3.8, 4) is 17.3 Å². The summed E-state index contributed by atoms with van der Waals surface area (Å²) in [5.74, 6) is -1.00. The average molecular weight is 431 g/mol. The fraction of sp³-hybridized carbons (Fsp3) is 0.208. The van der Waals surface area contributed by atoms with Gasteiger partial charge in [0.2, 0.25) is 0 Å². The van der Waals surface area contributed by atoms with Crippen LogP contribution in [-0.2, 0) is 18.3 Å². The lowest BCUT2D eigenvalue weighted by molar-refractivity contribution is -0.112. The van der Waals surface area contributed by atoms with Gasteiger partial charge in [0.1, 0.15) is 11.8 Å². The van der Waals surface area contributed by atoms with E-state index in [0.717, 1.165) is 36.1 Å².